The number of carbonyl (C=O) groups is 1. The molecule has 0 unspecified atom stereocenters. The fourth-order valence-corrected chi connectivity index (χ4v) is 1.56. The summed E-state index contributed by atoms with van der Waals surface area (Å²) in [5.74, 6) is 0.839. The van der Waals surface area contributed by atoms with Gasteiger partial charge in [0.05, 0.1) is 13.7 Å². The first-order chi connectivity index (χ1) is 8.76. The van der Waals surface area contributed by atoms with Crippen molar-refractivity contribution in [2.24, 2.45) is 0 Å². The minimum atomic E-state index is 0.0296. The van der Waals surface area contributed by atoms with Crippen LogP contribution in [0.2, 0.25) is 0 Å². The molecule has 0 aliphatic carbocycles. The van der Waals surface area contributed by atoms with Crippen molar-refractivity contribution in [2.45, 2.75) is 26.2 Å². The third-order valence-corrected chi connectivity index (χ3v) is 2.65. The number of anilines is 1. The van der Waals surface area contributed by atoms with Gasteiger partial charge in [0.25, 0.3) is 0 Å². The molecule has 0 saturated carbocycles. The molecule has 0 saturated heterocycles. The SMILES string of the molecule is CCCCCNC(=O)CNc1ccc(OC)cc1. The van der Waals surface area contributed by atoms with Crippen LogP contribution >= 0.6 is 0 Å². The molecular weight excluding hydrogens is 228 g/mol. The molecular formula is C14H22N2O2. The lowest BCUT2D eigenvalue weighted by molar-refractivity contribution is -0.119. The molecule has 18 heavy (non-hydrogen) atoms. The summed E-state index contributed by atoms with van der Waals surface area (Å²) in [7, 11) is 1.63. The fraction of sp³-hybridized carbons (Fsp3) is 0.500. The van der Waals surface area contributed by atoms with E-state index in [1.807, 2.05) is 24.3 Å². The zero-order chi connectivity index (χ0) is 13.2. The van der Waals surface area contributed by atoms with E-state index in [2.05, 4.69) is 17.6 Å². The first-order valence-corrected chi connectivity index (χ1v) is 6.41. The van der Waals surface area contributed by atoms with E-state index in [1.54, 1.807) is 7.11 Å². The van der Waals surface area contributed by atoms with Crippen LogP contribution in [0.1, 0.15) is 26.2 Å². The summed E-state index contributed by atoms with van der Waals surface area (Å²) in [6, 6.07) is 7.51. The van der Waals surface area contributed by atoms with E-state index in [-0.39, 0.29) is 5.91 Å². The van der Waals surface area contributed by atoms with Gasteiger partial charge < -0.3 is 15.4 Å². The quantitative estimate of drug-likeness (QED) is 0.697. The highest BCUT2D eigenvalue weighted by Gasteiger charge is 2.00. The zero-order valence-corrected chi connectivity index (χ0v) is 11.2. The van der Waals surface area contributed by atoms with E-state index in [0.29, 0.717) is 6.54 Å². The molecule has 0 radical (unpaired) electrons. The standard InChI is InChI=1S/C14H22N2O2/c1-3-4-5-10-15-14(17)11-16-12-6-8-13(18-2)9-7-12/h6-9,16H,3-5,10-11H2,1-2H3,(H,15,17). The third kappa shape index (κ3) is 5.57. The topological polar surface area (TPSA) is 50.4 Å². The van der Waals surface area contributed by atoms with Crippen LogP contribution in [0.5, 0.6) is 5.75 Å². The van der Waals surface area contributed by atoms with Crippen LogP contribution in [0.15, 0.2) is 24.3 Å². The first-order valence-electron chi connectivity index (χ1n) is 6.41. The highest BCUT2D eigenvalue weighted by molar-refractivity contribution is 5.80. The van der Waals surface area contributed by atoms with Crippen molar-refractivity contribution in [3.8, 4) is 5.75 Å². The van der Waals surface area contributed by atoms with E-state index in [9.17, 15) is 4.79 Å². The molecule has 0 aromatic heterocycles. The lowest BCUT2D eigenvalue weighted by atomic mass is 10.2. The smallest absolute Gasteiger partial charge is 0.239 e. The Morgan fingerprint density at radius 3 is 2.56 bits per heavy atom. The molecule has 0 aliphatic heterocycles. The van der Waals surface area contributed by atoms with Crippen molar-refractivity contribution in [2.75, 3.05) is 25.5 Å². The number of methoxy groups -OCH3 is 1. The summed E-state index contributed by atoms with van der Waals surface area (Å²) in [4.78, 5) is 11.5. The monoisotopic (exact) mass is 250 g/mol. The number of nitrogens with one attached hydrogen (secondary N) is 2. The number of ether oxygens (including phenoxy) is 1. The first kappa shape index (κ1) is 14.4. The molecule has 0 fully saturated rings. The van der Waals surface area contributed by atoms with E-state index in [4.69, 9.17) is 4.74 Å². The third-order valence-electron chi connectivity index (χ3n) is 2.65. The van der Waals surface area contributed by atoms with Gasteiger partial charge in [-0.2, -0.15) is 0 Å². The van der Waals surface area contributed by atoms with Gasteiger partial charge in [0, 0.05) is 12.2 Å². The Morgan fingerprint density at radius 2 is 1.94 bits per heavy atom. The number of carbonyl (C=O) groups excluding carboxylic acids is 1. The molecule has 100 valence electrons. The molecule has 1 aromatic carbocycles. The maximum absolute atomic E-state index is 11.5. The van der Waals surface area contributed by atoms with E-state index >= 15 is 0 Å². The summed E-state index contributed by atoms with van der Waals surface area (Å²) in [5.41, 5.74) is 0.916. The minimum Gasteiger partial charge on any atom is -0.497 e. The second-order valence-electron chi connectivity index (χ2n) is 4.14. The lowest BCUT2D eigenvalue weighted by Crippen LogP contribution is -2.30. The Bertz CT molecular complexity index is 349. The molecule has 4 nitrogen and oxygen atoms in total. The molecule has 4 heteroatoms. The molecule has 1 rings (SSSR count). The minimum absolute atomic E-state index is 0.0296. The molecule has 0 aliphatic rings. The van der Waals surface area contributed by atoms with Crippen molar-refractivity contribution < 1.29 is 9.53 Å². The van der Waals surface area contributed by atoms with Crippen LogP contribution in [0, 0.1) is 0 Å². The second kappa shape index (κ2) is 8.39. The van der Waals surface area contributed by atoms with Gasteiger partial charge in [-0.3, -0.25) is 4.79 Å². The normalized spacial score (nSPS) is 9.89. The van der Waals surface area contributed by atoms with Crippen molar-refractivity contribution >= 4 is 11.6 Å². The van der Waals surface area contributed by atoms with Crippen LogP contribution < -0.4 is 15.4 Å². The highest BCUT2D eigenvalue weighted by Crippen LogP contribution is 2.14. The average molecular weight is 250 g/mol. The van der Waals surface area contributed by atoms with Crippen LogP contribution in [0.25, 0.3) is 0 Å². The van der Waals surface area contributed by atoms with E-state index in [1.165, 1.54) is 6.42 Å². The fourth-order valence-electron chi connectivity index (χ4n) is 1.56. The van der Waals surface area contributed by atoms with Gasteiger partial charge in [0.15, 0.2) is 0 Å². The van der Waals surface area contributed by atoms with Gasteiger partial charge in [-0.15, -0.1) is 0 Å². The molecule has 0 bridgehead atoms. The highest BCUT2D eigenvalue weighted by atomic mass is 16.5. The second-order valence-corrected chi connectivity index (χ2v) is 4.14. The summed E-state index contributed by atoms with van der Waals surface area (Å²) < 4.78 is 5.06. The van der Waals surface area contributed by atoms with Crippen molar-refractivity contribution in [1.29, 1.82) is 0 Å². The van der Waals surface area contributed by atoms with Crippen LogP contribution in [-0.4, -0.2) is 26.1 Å². The van der Waals surface area contributed by atoms with Gasteiger partial charge >= 0.3 is 0 Å². The van der Waals surface area contributed by atoms with Crippen LogP contribution in [0.3, 0.4) is 0 Å². The van der Waals surface area contributed by atoms with E-state index in [0.717, 1.165) is 30.8 Å². The van der Waals surface area contributed by atoms with Gasteiger partial charge in [-0.05, 0) is 30.7 Å². The number of amides is 1. The largest absolute Gasteiger partial charge is 0.497 e. The summed E-state index contributed by atoms with van der Waals surface area (Å²) >= 11 is 0. The number of hydrogen-bond acceptors (Lipinski definition) is 3. The number of unbranched alkanes of at least 4 members (excludes halogenated alkanes) is 2. The van der Waals surface area contributed by atoms with Gasteiger partial charge in [-0.25, -0.2) is 0 Å². The Morgan fingerprint density at radius 1 is 1.22 bits per heavy atom. The Balaban J connectivity index is 2.20. The van der Waals surface area contributed by atoms with Gasteiger partial charge in [0.2, 0.25) is 5.91 Å². The maximum Gasteiger partial charge on any atom is 0.239 e. The van der Waals surface area contributed by atoms with Crippen molar-refractivity contribution in [3.05, 3.63) is 24.3 Å². The maximum atomic E-state index is 11.5. The predicted molar refractivity (Wildman–Crippen MR) is 74.0 cm³/mol. The van der Waals surface area contributed by atoms with Crippen LogP contribution in [0.4, 0.5) is 5.69 Å². The van der Waals surface area contributed by atoms with E-state index < -0.39 is 0 Å². The predicted octanol–water partition coefficient (Wildman–Crippen LogP) is 2.41. The summed E-state index contributed by atoms with van der Waals surface area (Å²) in [5, 5.41) is 5.95. The molecule has 1 amide bonds. The molecule has 1 aromatic rings. The summed E-state index contributed by atoms with van der Waals surface area (Å²) in [6.07, 6.45) is 3.37. The molecule has 0 atom stereocenters. The molecule has 0 heterocycles. The molecule has 2 N–H and O–H groups in total. The molecule has 0 spiro atoms. The zero-order valence-electron chi connectivity index (χ0n) is 11.2. The number of benzene rings is 1. The Labute approximate surface area is 109 Å². The van der Waals surface area contributed by atoms with Gasteiger partial charge in [0.1, 0.15) is 5.75 Å². The Kier molecular flexibility index (Phi) is 6.69. The number of rotatable bonds is 8. The van der Waals surface area contributed by atoms with Gasteiger partial charge in [-0.1, -0.05) is 19.8 Å². The number of hydrogen-bond donors (Lipinski definition) is 2. The van der Waals surface area contributed by atoms with Crippen LogP contribution in [-0.2, 0) is 4.79 Å². The Hall–Kier alpha value is -1.71. The van der Waals surface area contributed by atoms with Crippen molar-refractivity contribution in [3.63, 3.8) is 0 Å². The average Bonchev–Trinajstić information content (AvgIpc) is 2.42. The lowest BCUT2D eigenvalue weighted by Gasteiger charge is -2.08. The van der Waals surface area contributed by atoms with Crippen molar-refractivity contribution in [1.82, 2.24) is 5.32 Å². The summed E-state index contributed by atoms with van der Waals surface area (Å²) in [6.45, 7) is 3.21.